The molecular formula is C26H24N2O3. The number of ether oxygens (including phenoxy) is 1. The van der Waals surface area contributed by atoms with Crippen LogP contribution < -0.4 is 0 Å². The first-order valence-electron chi connectivity index (χ1n) is 10.5. The van der Waals surface area contributed by atoms with Crippen LogP contribution in [0.25, 0.3) is 33.5 Å². The molecule has 5 heteroatoms. The zero-order chi connectivity index (χ0) is 21.2. The van der Waals surface area contributed by atoms with Gasteiger partial charge in [-0.25, -0.2) is 4.98 Å². The van der Waals surface area contributed by atoms with Crippen molar-refractivity contribution < 1.29 is 14.9 Å². The Hall–Kier alpha value is -3.25. The number of nitrogens with zero attached hydrogens (tertiary/aromatic N) is 2. The Balaban J connectivity index is 1.54. The second kappa shape index (κ2) is 8.47. The van der Waals surface area contributed by atoms with Crippen LogP contribution in [0, 0.1) is 0 Å². The highest BCUT2D eigenvalue weighted by atomic mass is 16.5. The van der Waals surface area contributed by atoms with Gasteiger partial charge in [0.15, 0.2) is 0 Å². The molecule has 0 aliphatic carbocycles. The predicted octanol–water partition coefficient (Wildman–Crippen LogP) is 4.52. The molecule has 5 rings (SSSR count). The van der Waals surface area contributed by atoms with E-state index in [1.165, 1.54) is 0 Å². The van der Waals surface area contributed by atoms with Crippen LogP contribution in [0.4, 0.5) is 0 Å². The van der Waals surface area contributed by atoms with Crippen molar-refractivity contribution >= 4 is 0 Å². The lowest BCUT2D eigenvalue weighted by Crippen LogP contribution is -2.24. The summed E-state index contributed by atoms with van der Waals surface area (Å²) >= 11 is 0. The maximum absolute atomic E-state index is 10.1. The first-order chi connectivity index (χ1) is 15.2. The van der Waals surface area contributed by atoms with Gasteiger partial charge in [0.05, 0.1) is 24.7 Å². The van der Waals surface area contributed by atoms with Crippen LogP contribution in [0.2, 0.25) is 0 Å². The number of hydrogen-bond acceptors (Lipinski definition) is 4. The number of rotatable bonds is 5. The minimum absolute atomic E-state index is 0.196. The van der Waals surface area contributed by atoms with Gasteiger partial charge in [0.1, 0.15) is 12.3 Å². The van der Waals surface area contributed by atoms with Crippen molar-refractivity contribution in [1.29, 1.82) is 0 Å². The molecule has 31 heavy (non-hydrogen) atoms. The number of imidazole rings is 1. The Labute approximate surface area is 181 Å². The van der Waals surface area contributed by atoms with Gasteiger partial charge in [0.25, 0.3) is 0 Å². The van der Waals surface area contributed by atoms with Crippen LogP contribution in [0.5, 0.6) is 0 Å². The van der Waals surface area contributed by atoms with E-state index in [9.17, 15) is 10.2 Å². The number of aromatic nitrogens is 2. The summed E-state index contributed by atoms with van der Waals surface area (Å²) in [5, 5.41) is 19.4. The number of aliphatic hydroxyl groups excluding tert-OH is 2. The molecule has 1 aromatic heterocycles. The first kappa shape index (κ1) is 19.7. The molecule has 5 nitrogen and oxygen atoms in total. The molecule has 4 aromatic rings. The molecule has 1 aliphatic rings. The highest BCUT2D eigenvalue weighted by Crippen LogP contribution is 2.34. The molecule has 1 fully saturated rings. The van der Waals surface area contributed by atoms with Gasteiger partial charge < -0.3 is 19.5 Å². The van der Waals surface area contributed by atoms with E-state index in [0.717, 1.165) is 33.5 Å². The average molecular weight is 412 g/mol. The van der Waals surface area contributed by atoms with E-state index in [4.69, 9.17) is 4.74 Å². The van der Waals surface area contributed by atoms with Crippen molar-refractivity contribution in [1.82, 2.24) is 9.55 Å². The van der Waals surface area contributed by atoms with Crippen LogP contribution in [0.3, 0.4) is 0 Å². The molecular weight excluding hydrogens is 388 g/mol. The minimum atomic E-state index is -0.674. The third-order valence-electron chi connectivity index (χ3n) is 5.76. The maximum atomic E-state index is 10.1. The molecule has 1 aliphatic heterocycles. The molecule has 2 N–H and O–H groups in total. The fraction of sp³-hybridized carbons (Fsp3) is 0.192. The minimum Gasteiger partial charge on any atom is -0.394 e. The van der Waals surface area contributed by atoms with Crippen molar-refractivity contribution in [3.05, 3.63) is 91.4 Å². The van der Waals surface area contributed by atoms with Crippen molar-refractivity contribution in [2.24, 2.45) is 0 Å². The highest BCUT2D eigenvalue weighted by molar-refractivity contribution is 5.80. The molecule has 0 saturated carbocycles. The van der Waals surface area contributed by atoms with Crippen LogP contribution in [-0.2, 0) is 4.74 Å². The van der Waals surface area contributed by atoms with E-state index in [0.29, 0.717) is 6.42 Å². The second-order valence-electron chi connectivity index (χ2n) is 7.85. The van der Waals surface area contributed by atoms with E-state index in [2.05, 4.69) is 47.4 Å². The molecule has 0 unspecified atom stereocenters. The van der Waals surface area contributed by atoms with Gasteiger partial charge in [-0.05, 0) is 40.5 Å². The second-order valence-corrected chi connectivity index (χ2v) is 7.85. The average Bonchev–Trinajstić information content (AvgIpc) is 3.47. The summed E-state index contributed by atoms with van der Waals surface area (Å²) in [7, 11) is 0. The smallest absolute Gasteiger partial charge is 0.137 e. The van der Waals surface area contributed by atoms with Crippen molar-refractivity contribution in [2.45, 2.75) is 24.9 Å². The third kappa shape index (κ3) is 4.03. The van der Waals surface area contributed by atoms with Gasteiger partial charge in [0.2, 0.25) is 0 Å². The van der Waals surface area contributed by atoms with E-state index in [-0.39, 0.29) is 12.8 Å². The zero-order valence-corrected chi connectivity index (χ0v) is 17.0. The van der Waals surface area contributed by atoms with Gasteiger partial charge in [-0.15, -0.1) is 0 Å². The largest absolute Gasteiger partial charge is 0.394 e. The molecule has 0 amide bonds. The fourth-order valence-electron chi connectivity index (χ4n) is 4.08. The number of benzene rings is 3. The number of hydrogen-bond donors (Lipinski definition) is 2. The Kier molecular flexibility index (Phi) is 5.38. The lowest BCUT2D eigenvalue weighted by Gasteiger charge is -2.13. The molecule has 0 radical (unpaired) electrons. The lowest BCUT2D eigenvalue weighted by atomic mass is 9.95. The van der Waals surface area contributed by atoms with Crippen molar-refractivity contribution in [3.63, 3.8) is 0 Å². The number of aliphatic hydroxyl groups is 2. The monoisotopic (exact) mass is 412 g/mol. The van der Waals surface area contributed by atoms with E-state index in [1.54, 1.807) is 6.33 Å². The Morgan fingerprint density at radius 1 is 0.839 bits per heavy atom. The standard InChI is InChI=1S/C26H24N2O3/c29-16-25-24(30)14-26(31-25)28-15-23(27-17-28)22-12-20(18-7-3-1-4-8-18)11-21(13-22)19-9-5-2-6-10-19/h1-13,15,17,24-26,29-30H,14,16H2/t24-,25+,26+/m0/s1. The topological polar surface area (TPSA) is 67.5 Å². The molecule has 3 aromatic carbocycles. The van der Waals surface area contributed by atoms with Crippen LogP contribution in [-0.4, -0.2) is 38.6 Å². The van der Waals surface area contributed by atoms with Crippen molar-refractivity contribution in [3.8, 4) is 33.5 Å². The molecule has 3 atom stereocenters. The first-order valence-corrected chi connectivity index (χ1v) is 10.5. The van der Waals surface area contributed by atoms with E-state index in [1.807, 2.05) is 47.2 Å². The predicted molar refractivity (Wildman–Crippen MR) is 120 cm³/mol. The van der Waals surface area contributed by atoms with E-state index < -0.39 is 12.2 Å². The Morgan fingerprint density at radius 2 is 1.42 bits per heavy atom. The van der Waals surface area contributed by atoms with Gasteiger partial charge in [-0.3, -0.25) is 0 Å². The van der Waals surface area contributed by atoms with Crippen LogP contribution in [0.1, 0.15) is 12.6 Å². The van der Waals surface area contributed by atoms with Gasteiger partial charge >= 0.3 is 0 Å². The summed E-state index contributed by atoms with van der Waals surface area (Å²) in [6.07, 6.45) is 2.54. The molecule has 156 valence electrons. The summed E-state index contributed by atoms with van der Waals surface area (Å²) < 4.78 is 7.63. The van der Waals surface area contributed by atoms with Gasteiger partial charge in [-0.2, -0.15) is 0 Å². The molecule has 0 spiro atoms. The Bertz CT molecular complexity index is 1100. The third-order valence-corrected chi connectivity index (χ3v) is 5.76. The quantitative estimate of drug-likeness (QED) is 0.506. The molecule has 2 heterocycles. The van der Waals surface area contributed by atoms with E-state index >= 15 is 0 Å². The zero-order valence-electron chi connectivity index (χ0n) is 17.0. The normalized spacial score (nSPS) is 20.8. The molecule has 1 saturated heterocycles. The summed E-state index contributed by atoms with van der Waals surface area (Å²) in [5.74, 6) is 0. The van der Waals surface area contributed by atoms with Gasteiger partial charge in [-0.1, -0.05) is 60.7 Å². The Morgan fingerprint density at radius 3 is 1.97 bits per heavy atom. The summed E-state index contributed by atoms with van der Waals surface area (Å²) in [5.41, 5.74) is 6.39. The summed E-state index contributed by atoms with van der Waals surface area (Å²) in [6.45, 7) is -0.196. The maximum Gasteiger partial charge on any atom is 0.137 e. The summed E-state index contributed by atoms with van der Waals surface area (Å²) in [4.78, 5) is 4.62. The van der Waals surface area contributed by atoms with Crippen molar-refractivity contribution in [2.75, 3.05) is 6.61 Å². The van der Waals surface area contributed by atoms with Crippen LogP contribution in [0.15, 0.2) is 91.4 Å². The van der Waals surface area contributed by atoms with Crippen LogP contribution >= 0.6 is 0 Å². The fourth-order valence-corrected chi connectivity index (χ4v) is 4.08. The summed E-state index contributed by atoms with van der Waals surface area (Å²) in [6, 6.07) is 27.1. The highest BCUT2D eigenvalue weighted by Gasteiger charge is 2.34. The lowest BCUT2D eigenvalue weighted by molar-refractivity contribution is -0.0443. The SMILES string of the molecule is OC[C@H]1O[C@@H](n2cnc(-c3cc(-c4ccccc4)cc(-c4ccccc4)c3)c2)C[C@@H]1O. The van der Waals surface area contributed by atoms with Gasteiger partial charge in [0, 0.05) is 18.2 Å². The molecule has 0 bridgehead atoms.